The average Bonchev–Trinajstić information content (AvgIpc) is 2.96. The number of non-ortho nitro benzene ring substituents is 1. The fourth-order valence-electron chi connectivity index (χ4n) is 3.39. The van der Waals surface area contributed by atoms with Gasteiger partial charge in [0.15, 0.2) is 5.82 Å². The third kappa shape index (κ3) is 3.25. The first-order valence-electron chi connectivity index (χ1n) is 8.85. The van der Waals surface area contributed by atoms with Gasteiger partial charge < -0.3 is 20.5 Å². The lowest BCUT2D eigenvalue weighted by molar-refractivity contribution is -0.384. The highest BCUT2D eigenvalue weighted by atomic mass is 16.6. The number of hydrogen-bond acceptors (Lipinski definition) is 8. The summed E-state index contributed by atoms with van der Waals surface area (Å²) in [6.45, 7) is 2.96. The summed E-state index contributed by atoms with van der Waals surface area (Å²) in [6, 6.07) is 8.28. The molecule has 0 atom stereocenters. The SMILES string of the molecule is N#Cc1cnc(N2CCCN(c3nc4ccc([N+](=O)[O-])cc4[nH]3)CC2)c(N)c1. The first-order valence-corrected chi connectivity index (χ1v) is 8.85. The Hall–Kier alpha value is -3.87. The lowest BCUT2D eigenvalue weighted by Gasteiger charge is -2.23. The van der Waals surface area contributed by atoms with Gasteiger partial charge in [0, 0.05) is 44.5 Å². The minimum atomic E-state index is -0.418. The standard InChI is InChI=1S/C18H18N8O2/c19-10-12-8-14(20)17(21-11-12)24-4-1-5-25(7-6-24)18-22-15-3-2-13(26(27)28)9-16(15)23-18/h2-3,8-9,11H,1,4-7,20H2,(H,22,23). The van der Waals surface area contributed by atoms with Crippen molar-refractivity contribution in [2.75, 3.05) is 41.7 Å². The molecule has 0 aliphatic carbocycles. The second-order valence-electron chi connectivity index (χ2n) is 6.60. The number of pyridine rings is 1. The molecule has 3 aromatic rings. The molecule has 0 bridgehead atoms. The molecule has 1 fully saturated rings. The van der Waals surface area contributed by atoms with Gasteiger partial charge in [-0.1, -0.05) is 0 Å². The van der Waals surface area contributed by atoms with E-state index in [0.717, 1.165) is 19.5 Å². The molecule has 1 aromatic carbocycles. The van der Waals surface area contributed by atoms with Gasteiger partial charge in [0.1, 0.15) is 6.07 Å². The lowest BCUT2D eigenvalue weighted by atomic mass is 10.2. The number of rotatable bonds is 3. The zero-order valence-electron chi connectivity index (χ0n) is 15.0. The van der Waals surface area contributed by atoms with Crippen molar-refractivity contribution in [2.24, 2.45) is 0 Å². The highest BCUT2D eigenvalue weighted by molar-refractivity contribution is 5.80. The summed E-state index contributed by atoms with van der Waals surface area (Å²) in [5.74, 6) is 1.37. The van der Waals surface area contributed by atoms with Crippen molar-refractivity contribution < 1.29 is 4.92 Å². The number of hydrogen-bond donors (Lipinski definition) is 2. The Labute approximate surface area is 160 Å². The second-order valence-corrected chi connectivity index (χ2v) is 6.60. The van der Waals surface area contributed by atoms with Crippen LogP contribution in [0.25, 0.3) is 11.0 Å². The molecule has 1 aliphatic heterocycles. The molecular formula is C18H18N8O2. The summed E-state index contributed by atoms with van der Waals surface area (Å²) in [5.41, 5.74) is 8.37. The van der Waals surface area contributed by atoms with Crippen molar-refractivity contribution in [1.82, 2.24) is 15.0 Å². The zero-order valence-corrected chi connectivity index (χ0v) is 15.0. The van der Waals surface area contributed by atoms with Crippen LogP contribution in [0.3, 0.4) is 0 Å². The predicted octanol–water partition coefficient (Wildman–Crippen LogP) is 2.04. The van der Waals surface area contributed by atoms with E-state index < -0.39 is 4.92 Å². The minimum Gasteiger partial charge on any atom is -0.396 e. The van der Waals surface area contributed by atoms with E-state index in [0.29, 0.717) is 47.1 Å². The molecule has 10 heteroatoms. The molecule has 28 heavy (non-hydrogen) atoms. The monoisotopic (exact) mass is 378 g/mol. The molecule has 4 rings (SSSR count). The van der Waals surface area contributed by atoms with E-state index >= 15 is 0 Å². The third-order valence-electron chi connectivity index (χ3n) is 4.78. The molecule has 0 radical (unpaired) electrons. The van der Waals surface area contributed by atoms with E-state index in [1.54, 1.807) is 12.1 Å². The number of nitriles is 1. The molecule has 0 amide bonds. The number of H-pyrrole nitrogens is 1. The molecular weight excluding hydrogens is 360 g/mol. The van der Waals surface area contributed by atoms with Crippen LogP contribution in [0.15, 0.2) is 30.5 Å². The van der Waals surface area contributed by atoms with Crippen LogP contribution in [0.1, 0.15) is 12.0 Å². The molecule has 1 saturated heterocycles. The van der Waals surface area contributed by atoms with Gasteiger partial charge in [-0.25, -0.2) is 9.97 Å². The smallest absolute Gasteiger partial charge is 0.271 e. The Kier molecular flexibility index (Phi) is 4.41. The van der Waals surface area contributed by atoms with Gasteiger partial charge in [0.25, 0.3) is 5.69 Å². The van der Waals surface area contributed by atoms with Crippen molar-refractivity contribution in [1.29, 1.82) is 5.26 Å². The predicted molar refractivity (Wildman–Crippen MR) is 105 cm³/mol. The molecule has 10 nitrogen and oxygen atoms in total. The van der Waals surface area contributed by atoms with Gasteiger partial charge in [-0.3, -0.25) is 10.1 Å². The lowest BCUT2D eigenvalue weighted by Crippen LogP contribution is -2.32. The Morgan fingerprint density at radius 2 is 2.00 bits per heavy atom. The van der Waals surface area contributed by atoms with Gasteiger partial charge in [-0.2, -0.15) is 5.26 Å². The fraction of sp³-hybridized carbons (Fsp3) is 0.278. The van der Waals surface area contributed by atoms with Crippen LogP contribution < -0.4 is 15.5 Å². The largest absolute Gasteiger partial charge is 0.396 e. The number of nitrogens with one attached hydrogen (secondary N) is 1. The van der Waals surface area contributed by atoms with Crippen LogP contribution in [0.4, 0.5) is 23.1 Å². The molecule has 1 aliphatic rings. The van der Waals surface area contributed by atoms with Gasteiger partial charge in [0.05, 0.1) is 27.2 Å². The van der Waals surface area contributed by atoms with Crippen LogP contribution in [-0.4, -0.2) is 46.1 Å². The number of imidazole rings is 1. The second kappa shape index (κ2) is 7.03. The van der Waals surface area contributed by atoms with Crippen LogP contribution in [0.2, 0.25) is 0 Å². The summed E-state index contributed by atoms with van der Waals surface area (Å²) in [4.78, 5) is 26.9. The number of nitrogens with zero attached hydrogens (tertiary/aromatic N) is 6. The van der Waals surface area contributed by atoms with Gasteiger partial charge in [0.2, 0.25) is 5.95 Å². The van der Waals surface area contributed by atoms with Crippen LogP contribution >= 0.6 is 0 Å². The van der Waals surface area contributed by atoms with Gasteiger partial charge >= 0.3 is 0 Å². The van der Waals surface area contributed by atoms with Crippen molar-refractivity contribution in [2.45, 2.75) is 6.42 Å². The summed E-state index contributed by atoms with van der Waals surface area (Å²) >= 11 is 0. The first-order chi connectivity index (χ1) is 13.5. The Morgan fingerprint density at radius 1 is 1.21 bits per heavy atom. The maximum absolute atomic E-state index is 11.0. The number of anilines is 3. The number of nitro benzene ring substituents is 1. The van der Waals surface area contributed by atoms with E-state index in [-0.39, 0.29) is 5.69 Å². The van der Waals surface area contributed by atoms with Crippen molar-refractivity contribution in [3.05, 3.63) is 46.1 Å². The van der Waals surface area contributed by atoms with E-state index in [4.69, 9.17) is 11.0 Å². The van der Waals surface area contributed by atoms with Crippen molar-refractivity contribution in [3.8, 4) is 6.07 Å². The topological polar surface area (TPSA) is 141 Å². The number of nitro groups is 1. The van der Waals surface area contributed by atoms with E-state index in [1.807, 2.05) is 6.07 Å². The van der Waals surface area contributed by atoms with E-state index in [1.165, 1.54) is 18.3 Å². The van der Waals surface area contributed by atoms with E-state index in [2.05, 4.69) is 24.8 Å². The van der Waals surface area contributed by atoms with Crippen LogP contribution in [0, 0.1) is 21.4 Å². The highest BCUT2D eigenvalue weighted by Crippen LogP contribution is 2.25. The Bertz CT molecular complexity index is 1090. The normalized spacial score (nSPS) is 14.7. The minimum absolute atomic E-state index is 0.0344. The summed E-state index contributed by atoms with van der Waals surface area (Å²) in [6.07, 6.45) is 2.40. The number of aromatic amines is 1. The molecule has 2 aromatic heterocycles. The quantitative estimate of drug-likeness (QED) is 0.521. The van der Waals surface area contributed by atoms with Crippen molar-refractivity contribution in [3.63, 3.8) is 0 Å². The zero-order chi connectivity index (χ0) is 19.7. The Balaban J connectivity index is 1.53. The van der Waals surface area contributed by atoms with E-state index in [9.17, 15) is 10.1 Å². The van der Waals surface area contributed by atoms with Gasteiger partial charge in [-0.05, 0) is 18.6 Å². The molecule has 0 unspecified atom stereocenters. The maximum Gasteiger partial charge on any atom is 0.271 e. The number of nitrogen functional groups attached to an aromatic ring is 1. The van der Waals surface area contributed by atoms with Crippen molar-refractivity contribution >= 4 is 34.2 Å². The van der Waals surface area contributed by atoms with Gasteiger partial charge in [-0.15, -0.1) is 0 Å². The number of aromatic nitrogens is 3. The molecule has 3 heterocycles. The number of fused-ring (bicyclic) bond motifs is 1. The summed E-state index contributed by atoms with van der Waals surface area (Å²) in [5, 5.41) is 19.9. The molecule has 0 saturated carbocycles. The molecule has 3 N–H and O–H groups in total. The third-order valence-corrected chi connectivity index (χ3v) is 4.78. The molecule has 142 valence electrons. The fourth-order valence-corrected chi connectivity index (χ4v) is 3.39. The summed E-state index contributed by atoms with van der Waals surface area (Å²) in [7, 11) is 0. The van der Waals surface area contributed by atoms with Crippen LogP contribution in [-0.2, 0) is 0 Å². The Morgan fingerprint density at radius 3 is 2.75 bits per heavy atom. The first kappa shape index (κ1) is 17.5. The average molecular weight is 378 g/mol. The highest BCUT2D eigenvalue weighted by Gasteiger charge is 2.20. The summed E-state index contributed by atoms with van der Waals surface area (Å²) < 4.78 is 0. The maximum atomic E-state index is 11.0. The number of benzene rings is 1. The van der Waals surface area contributed by atoms with Crippen LogP contribution in [0.5, 0.6) is 0 Å². The number of nitrogens with two attached hydrogens (primary N) is 1. The molecule has 0 spiro atoms.